The number of carbonyl (C=O) groups excluding carboxylic acids is 1. The highest BCUT2D eigenvalue weighted by Crippen LogP contribution is 2.19. The lowest BCUT2D eigenvalue weighted by atomic mass is 9.86. The summed E-state index contributed by atoms with van der Waals surface area (Å²) in [5.74, 6) is 0.0931. The number of nitrogens with zero attached hydrogens (tertiary/aromatic N) is 2. The maximum absolute atomic E-state index is 12.0. The van der Waals surface area contributed by atoms with E-state index in [4.69, 9.17) is 5.73 Å². The lowest BCUT2D eigenvalue weighted by molar-refractivity contribution is -0.136. The Labute approximate surface area is 92.4 Å². The van der Waals surface area contributed by atoms with Crippen LogP contribution in [0.5, 0.6) is 0 Å². The van der Waals surface area contributed by atoms with E-state index in [2.05, 4.69) is 11.9 Å². The maximum atomic E-state index is 12.0. The Kier molecular flexibility index (Phi) is 3.73. The van der Waals surface area contributed by atoms with Crippen LogP contribution in [0.15, 0.2) is 0 Å². The van der Waals surface area contributed by atoms with Crippen LogP contribution in [0.2, 0.25) is 0 Å². The van der Waals surface area contributed by atoms with Gasteiger partial charge in [-0.15, -0.1) is 0 Å². The normalized spacial score (nSPS) is 21.5. The summed E-state index contributed by atoms with van der Waals surface area (Å²) in [6.07, 6.45) is 0. The number of carbonyl (C=O) groups is 1. The Morgan fingerprint density at radius 2 is 1.67 bits per heavy atom. The molecular weight excluding hydrogens is 190 g/mol. The molecule has 0 aromatic rings. The lowest BCUT2D eigenvalue weighted by Gasteiger charge is -2.36. The molecule has 4 heteroatoms. The Morgan fingerprint density at radius 3 is 2.07 bits per heavy atom. The molecular formula is C11H23N3O. The van der Waals surface area contributed by atoms with E-state index in [1.165, 1.54) is 0 Å². The summed E-state index contributed by atoms with van der Waals surface area (Å²) in [5.41, 5.74) is 5.80. The summed E-state index contributed by atoms with van der Waals surface area (Å²) in [4.78, 5) is 16.1. The number of amides is 1. The smallest absolute Gasteiger partial charge is 0.240 e. The van der Waals surface area contributed by atoms with Crippen LogP contribution >= 0.6 is 0 Å². The monoisotopic (exact) mass is 213 g/mol. The van der Waals surface area contributed by atoms with Gasteiger partial charge in [-0.2, -0.15) is 0 Å². The van der Waals surface area contributed by atoms with Crippen LogP contribution in [0.4, 0.5) is 0 Å². The van der Waals surface area contributed by atoms with Crippen molar-refractivity contribution >= 4 is 5.91 Å². The third-order valence-corrected chi connectivity index (χ3v) is 3.01. The fourth-order valence-corrected chi connectivity index (χ4v) is 1.59. The van der Waals surface area contributed by atoms with Gasteiger partial charge in [0.1, 0.15) is 0 Å². The fourth-order valence-electron chi connectivity index (χ4n) is 1.59. The minimum atomic E-state index is -0.388. The molecule has 88 valence electrons. The van der Waals surface area contributed by atoms with Gasteiger partial charge in [-0.1, -0.05) is 20.8 Å². The van der Waals surface area contributed by atoms with Gasteiger partial charge in [-0.25, -0.2) is 0 Å². The van der Waals surface area contributed by atoms with Gasteiger partial charge in [0.05, 0.1) is 6.04 Å². The molecule has 0 bridgehead atoms. The molecule has 1 fully saturated rings. The molecule has 1 heterocycles. The van der Waals surface area contributed by atoms with E-state index in [9.17, 15) is 4.79 Å². The molecule has 2 N–H and O–H groups in total. The molecule has 0 aliphatic carbocycles. The standard InChI is InChI=1S/C11H23N3O/c1-11(2,3)9(12)10(15)14-7-5-13(4)6-8-14/h9H,5-8,12H2,1-4H3. The van der Waals surface area contributed by atoms with E-state index in [0.29, 0.717) is 0 Å². The Hall–Kier alpha value is -0.610. The topological polar surface area (TPSA) is 49.6 Å². The first kappa shape index (κ1) is 12.5. The van der Waals surface area contributed by atoms with Crippen LogP contribution in [0.1, 0.15) is 20.8 Å². The van der Waals surface area contributed by atoms with Crippen molar-refractivity contribution in [2.24, 2.45) is 11.1 Å². The average molecular weight is 213 g/mol. The Balaban J connectivity index is 2.54. The zero-order valence-corrected chi connectivity index (χ0v) is 10.3. The van der Waals surface area contributed by atoms with E-state index in [-0.39, 0.29) is 17.4 Å². The summed E-state index contributed by atoms with van der Waals surface area (Å²) < 4.78 is 0. The largest absolute Gasteiger partial charge is 0.339 e. The molecule has 1 atom stereocenters. The Morgan fingerprint density at radius 1 is 1.20 bits per heavy atom. The van der Waals surface area contributed by atoms with Gasteiger partial charge in [0.25, 0.3) is 0 Å². The van der Waals surface area contributed by atoms with Gasteiger partial charge < -0.3 is 15.5 Å². The average Bonchev–Trinajstić information content (AvgIpc) is 2.15. The maximum Gasteiger partial charge on any atom is 0.240 e. The van der Waals surface area contributed by atoms with Crippen LogP contribution in [-0.2, 0) is 4.79 Å². The third-order valence-electron chi connectivity index (χ3n) is 3.01. The second kappa shape index (κ2) is 4.49. The number of hydrogen-bond donors (Lipinski definition) is 1. The van der Waals surface area contributed by atoms with Crippen molar-refractivity contribution < 1.29 is 4.79 Å². The van der Waals surface area contributed by atoms with Gasteiger partial charge in [-0.05, 0) is 12.5 Å². The molecule has 4 nitrogen and oxygen atoms in total. The van der Waals surface area contributed by atoms with Crippen LogP contribution < -0.4 is 5.73 Å². The SMILES string of the molecule is CN1CCN(C(=O)C(N)C(C)(C)C)CC1. The van der Waals surface area contributed by atoms with E-state index in [1.807, 2.05) is 25.7 Å². The minimum absolute atomic E-state index is 0.0931. The van der Waals surface area contributed by atoms with Crippen molar-refractivity contribution in [3.63, 3.8) is 0 Å². The van der Waals surface area contributed by atoms with Crippen LogP contribution in [0.25, 0.3) is 0 Å². The zero-order valence-electron chi connectivity index (χ0n) is 10.3. The summed E-state index contributed by atoms with van der Waals surface area (Å²) in [7, 11) is 2.07. The number of rotatable bonds is 1. The van der Waals surface area contributed by atoms with Crippen molar-refractivity contribution in [1.29, 1.82) is 0 Å². The van der Waals surface area contributed by atoms with Crippen LogP contribution in [0.3, 0.4) is 0 Å². The molecule has 15 heavy (non-hydrogen) atoms. The van der Waals surface area contributed by atoms with Gasteiger partial charge in [-0.3, -0.25) is 4.79 Å². The molecule has 0 aromatic heterocycles. The molecule has 0 radical (unpaired) electrons. The summed E-state index contributed by atoms with van der Waals surface area (Å²) in [6, 6.07) is -0.388. The van der Waals surface area contributed by atoms with Crippen molar-refractivity contribution in [1.82, 2.24) is 9.80 Å². The van der Waals surface area contributed by atoms with Crippen molar-refractivity contribution in [3.05, 3.63) is 0 Å². The summed E-state index contributed by atoms with van der Waals surface area (Å²) in [5, 5.41) is 0. The van der Waals surface area contributed by atoms with Crippen LogP contribution in [-0.4, -0.2) is 55.0 Å². The molecule has 1 aliphatic heterocycles. The summed E-state index contributed by atoms with van der Waals surface area (Å²) >= 11 is 0. The molecule has 0 saturated carbocycles. The van der Waals surface area contributed by atoms with Gasteiger partial charge in [0.2, 0.25) is 5.91 Å². The highest BCUT2D eigenvalue weighted by atomic mass is 16.2. The van der Waals surface area contributed by atoms with Crippen LogP contribution in [0, 0.1) is 5.41 Å². The predicted octanol–water partition coefficient (Wildman–Crippen LogP) is 0.134. The van der Waals surface area contributed by atoms with E-state index < -0.39 is 0 Å². The van der Waals surface area contributed by atoms with E-state index in [1.54, 1.807) is 0 Å². The van der Waals surface area contributed by atoms with E-state index in [0.717, 1.165) is 26.2 Å². The number of likely N-dealkylation sites (N-methyl/N-ethyl adjacent to an activating group) is 1. The quantitative estimate of drug-likeness (QED) is 0.674. The highest BCUT2D eigenvalue weighted by Gasteiger charge is 2.31. The van der Waals surface area contributed by atoms with Crippen molar-refractivity contribution in [3.8, 4) is 0 Å². The number of nitrogens with two attached hydrogens (primary N) is 1. The van der Waals surface area contributed by atoms with Gasteiger partial charge in [0, 0.05) is 26.2 Å². The highest BCUT2D eigenvalue weighted by molar-refractivity contribution is 5.82. The Bertz CT molecular complexity index is 226. The van der Waals surface area contributed by atoms with Gasteiger partial charge in [0.15, 0.2) is 0 Å². The number of hydrogen-bond acceptors (Lipinski definition) is 3. The molecule has 0 spiro atoms. The van der Waals surface area contributed by atoms with Gasteiger partial charge >= 0.3 is 0 Å². The first-order valence-electron chi connectivity index (χ1n) is 5.55. The third kappa shape index (κ3) is 3.18. The van der Waals surface area contributed by atoms with Crippen molar-refractivity contribution in [2.45, 2.75) is 26.8 Å². The lowest BCUT2D eigenvalue weighted by Crippen LogP contribution is -2.55. The molecule has 1 saturated heterocycles. The molecule has 0 aromatic carbocycles. The molecule has 1 unspecified atom stereocenters. The first-order chi connectivity index (χ1) is 6.82. The molecule has 1 rings (SSSR count). The summed E-state index contributed by atoms with van der Waals surface area (Å²) in [6.45, 7) is 9.52. The second-order valence-electron chi connectivity index (χ2n) is 5.47. The fraction of sp³-hybridized carbons (Fsp3) is 0.909. The minimum Gasteiger partial charge on any atom is -0.339 e. The second-order valence-corrected chi connectivity index (χ2v) is 5.47. The molecule has 1 amide bonds. The predicted molar refractivity (Wildman–Crippen MR) is 61.5 cm³/mol. The molecule has 1 aliphatic rings. The number of piperazine rings is 1. The first-order valence-corrected chi connectivity index (χ1v) is 5.55. The van der Waals surface area contributed by atoms with E-state index >= 15 is 0 Å². The van der Waals surface area contributed by atoms with Crippen molar-refractivity contribution in [2.75, 3.05) is 33.2 Å². The zero-order chi connectivity index (χ0) is 11.6.